The minimum atomic E-state index is 0.249. The van der Waals surface area contributed by atoms with Gasteiger partial charge in [-0.15, -0.1) is 0 Å². The van der Waals surface area contributed by atoms with Crippen LogP contribution in [0.15, 0.2) is 54.6 Å². The number of hydrogen-bond donors (Lipinski definition) is 1. The number of likely N-dealkylation sites (N-methyl/N-ethyl adjacent to an activating group) is 1. The van der Waals surface area contributed by atoms with E-state index in [0.717, 1.165) is 30.5 Å². The molecular formula is C19H26NO+. The molecule has 2 rings (SSSR count). The molecule has 1 unspecified atom stereocenters. The summed E-state index contributed by atoms with van der Waals surface area (Å²) in [5.41, 5.74) is 3.84. The standard InChI is InChI=1S/C19H26NO/c1-3-13-20(2,14-15-21)16-17-9-11-19(12-10-17)18-7-5-4-6-8-18/h4-12,21H,3,13-16H2,1-2H3/q+1. The molecule has 0 aliphatic rings. The monoisotopic (exact) mass is 284 g/mol. The number of nitrogens with zero attached hydrogens (tertiary/aromatic N) is 1. The summed E-state index contributed by atoms with van der Waals surface area (Å²) >= 11 is 0. The van der Waals surface area contributed by atoms with E-state index in [0.29, 0.717) is 0 Å². The summed E-state index contributed by atoms with van der Waals surface area (Å²) in [5, 5.41) is 9.28. The van der Waals surface area contributed by atoms with Crippen LogP contribution in [-0.2, 0) is 6.54 Å². The summed E-state index contributed by atoms with van der Waals surface area (Å²) in [6.07, 6.45) is 1.14. The van der Waals surface area contributed by atoms with Crippen LogP contribution in [0.2, 0.25) is 0 Å². The first-order valence-corrected chi connectivity index (χ1v) is 7.75. The van der Waals surface area contributed by atoms with E-state index in [2.05, 4.69) is 62.5 Å². The summed E-state index contributed by atoms with van der Waals surface area (Å²) in [7, 11) is 2.23. The highest BCUT2D eigenvalue weighted by atomic mass is 16.3. The number of aliphatic hydroxyl groups excluding tert-OH is 1. The van der Waals surface area contributed by atoms with Crippen LogP contribution in [0.25, 0.3) is 11.1 Å². The third-order valence-corrected chi connectivity index (χ3v) is 4.03. The van der Waals surface area contributed by atoms with Gasteiger partial charge in [-0.2, -0.15) is 0 Å². The maximum Gasteiger partial charge on any atom is 0.104 e. The molecule has 2 aromatic carbocycles. The lowest BCUT2D eigenvalue weighted by molar-refractivity contribution is -0.922. The van der Waals surface area contributed by atoms with Gasteiger partial charge in [0.15, 0.2) is 0 Å². The molecule has 0 aliphatic carbocycles. The van der Waals surface area contributed by atoms with Gasteiger partial charge in [-0.25, -0.2) is 0 Å². The third-order valence-electron chi connectivity index (χ3n) is 4.03. The lowest BCUT2D eigenvalue weighted by Crippen LogP contribution is -2.45. The highest BCUT2D eigenvalue weighted by Crippen LogP contribution is 2.21. The van der Waals surface area contributed by atoms with Crippen molar-refractivity contribution in [1.29, 1.82) is 0 Å². The molecule has 1 N–H and O–H groups in total. The van der Waals surface area contributed by atoms with Crippen LogP contribution < -0.4 is 0 Å². The SMILES string of the molecule is CCC[N+](C)(CCO)Cc1ccc(-c2ccccc2)cc1. The van der Waals surface area contributed by atoms with Gasteiger partial charge in [0.05, 0.1) is 20.2 Å². The van der Waals surface area contributed by atoms with Crippen molar-refractivity contribution in [2.45, 2.75) is 19.9 Å². The van der Waals surface area contributed by atoms with Crippen LogP contribution in [0.3, 0.4) is 0 Å². The second-order valence-electron chi connectivity index (χ2n) is 6.01. The van der Waals surface area contributed by atoms with Gasteiger partial charge in [-0.1, -0.05) is 61.5 Å². The minimum Gasteiger partial charge on any atom is -0.391 e. The maximum absolute atomic E-state index is 9.28. The zero-order valence-electron chi connectivity index (χ0n) is 13.1. The summed E-state index contributed by atoms with van der Waals surface area (Å²) in [4.78, 5) is 0. The van der Waals surface area contributed by atoms with Gasteiger partial charge in [-0.05, 0) is 17.5 Å². The molecule has 0 fully saturated rings. The van der Waals surface area contributed by atoms with Crippen molar-refractivity contribution < 1.29 is 9.59 Å². The van der Waals surface area contributed by atoms with Crippen LogP contribution in [0.5, 0.6) is 0 Å². The zero-order chi connectivity index (χ0) is 15.1. The molecule has 0 saturated heterocycles. The van der Waals surface area contributed by atoms with Gasteiger partial charge in [0.2, 0.25) is 0 Å². The Bertz CT molecular complexity index is 527. The summed E-state index contributed by atoms with van der Waals surface area (Å²) in [6, 6.07) is 19.3. The normalized spacial score (nSPS) is 13.9. The largest absolute Gasteiger partial charge is 0.391 e. The fourth-order valence-corrected chi connectivity index (χ4v) is 2.93. The van der Waals surface area contributed by atoms with E-state index < -0.39 is 0 Å². The number of rotatable bonds is 7. The first kappa shape index (κ1) is 15.7. The second kappa shape index (κ2) is 7.39. The Hall–Kier alpha value is -1.64. The molecule has 2 heteroatoms. The first-order chi connectivity index (χ1) is 10.2. The molecule has 0 aromatic heterocycles. The van der Waals surface area contributed by atoms with E-state index >= 15 is 0 Å². The fourth-order valence-electron chi connectivity index (χ4n) is 2.93. The van der Waals surface area contributed by atoms with Crippen molar-refractivity contribution in [2.24, 2.45) is 0 Å². The molecule has 112 valence electrons. The highest BCUT2D eigenvalue weighted by molar-refractivity contribution is 5.63. The van der Waals surface area contributed by atoms with Gasteiger partial charge in [-0.3, -0.25) is 0 Å². The zero-order valence-corrected chi connectivity index (χ0v) is 13.1. The smallest absolute Gasteiger partial charge is 0.104 e. The highest BCUT2D eigenvalue weighted by Gasteiger charge is 2.20. The molecule has 2 aromatic rings. The Morgan fingerprint density at radius 2 is 1.48 bits per heavy atom. The van der Waals surface area contributed by atoms with Crippen molar-refractivity contribution in [2.75, 3.05) is 26.7 Å². The Morgan fingerprint density at radius 3 is 2.05 bits per heavy atom. The van der Waals surface area contributed by atoms with Gasteiger partial charge in [0.25, 0.3) is 0 Å². The average molecular weight is 284 g/mol. The Labute approximate surface area is 128 Å². The van der Waals surface area contributed by atoms with E-state index in [1.807, 2.05) is 6.07 Å². The number of benzene rings is 2. The molecular weight excluding hydrogens is 258 g/mol. The summed E-state index contributed by atoms with van der Waals surface area (Å²) in [6.45, 7) is 5.34. The van der Waals surface area contributed by atoms with Crippen LogP contribution in [0.4, 0.5) is 0 Å². The fraction of sp³-hybridized carbons (Fsp3) is 0.368. The van der Waals surface area contributed by atoms with E-state index in [9.17, 15) is 5.11 Å². The summed E-state index contributed by atoms with van der Waals surface area (Å²) < 4.78 is 0.900. The van der Waals surface area contributed by atoms with E-state index in [4.69, 9.17) is 0 Å². The van der Waals surface area contributed by atoms with E-state index in [1.165, 1.54) is 16.7 Å². The van der Waals surface area contributed by atoms with Crippen molar-refractivity contribution in [3.63, 3.8) is 0 Å². The topological polar surface area (TPSA) is 20.2 Å². The molecule has 0 amide bonds. The lowest BCUT2D eigenvalue weighted by Gasteiger charge is -2.34. The van der Waals surface area contributed by atoms with Crippen LogP contribution in [0.1, 0.15) is 18.9 Å². The molecule has 1 atom stereocenters. The summed E-state index contributed by atoms with van der Waals surface area (Å²) in [5.74, 6) is 0. The Kier molecular flexibility index (Phi) is 5.54. The van der Waals surface area contributed by atoms with Gasteiger partial charge in [0, 0.05) is 5.56 Å². The van der Waals surface area contributed by atoms with Crippen molar-refractivity contribution >= 4 is 0 Å². The van der Waals surface area contributed by atoms with Gasteiger partial charge >= 0.3 is 0 Å². The van der Waals surface area contributed by atoms with E-state index in [-0.39, 0.29) is 6.61 Å². The molecule has 0 heterocycles. The molecule has 0 bridgehead atoms. The number of aliphatic hydroxyl groups is 1. The number of quaternary nitrogens is 1. The quantitative estimate of drug-likeness (QED) is 0.769. The van der Waals surface area contributed by atoms with Crippen LogP contribution in [-0.4, -0.2) is 36.3 Å². The molecule has 0 aliphatic heterocycles. The molecule has 2 nitrogen and oxygen atoms in total. The van der Waals surface area contributed by atoms with Crippen LogP contribution in [0, 0.1) is 0 Å². The number of hydrogen-bond acceptors (Lipinski definition) is 1. The predicted octanol–water partition coefficient (Wildman–Crippen LogP) is 3.70. The molecule has 21 heavy (non-hydrogen) atoms. The van der Waals surface area contributed by atoms with Gasteiger partial charge < -0.3 is 9.59 Å². The minimum absolute atomic E-state index is 0.249. The lowest BCUT2D eigenvalue weighted by atomic mass is 10.0. The van der Waals surface area contributed by atoms with Gasteiger partial charge in [0.1, 0.15) is 13.1 Å². The maximum atomic E-state index is 9.28. The predicted molar refractivity (Wildman–Crippen MR) is 88.9 cm³/mol. The van der Waals surface area contributed by atoms with Crippen LogP contribution >= 0.6 is 0 Å². The van der Waals surface area contributed by atoms with E-state index in [1.54, 1.807) is 0 Å². The third kappa shape index (κ3) is 4.42. The Morgan fingerprint density at radius 1 is 0.857 bits per heavy atom. The first-order valence-electron chi connectivity index (χ1n) is 7.75. The molecule has 0 radical (unpaired) electrons. The van der Waals surface area contributed by atoms with Crippen molar-refractivity contribution in [3.8, 4) is 11.1 Å². The molecule has 0 spiro atoms. The van der Waals surface area contributed by atoms with Crippen molar-refractivity contribution in [3.05, 3.63) is 60.2 Å². The van der Waals surface area contributed by atoms with Crippen molar-refractivity contribution in [1.82, 2.24) is 0 Å². The Balaban J connectivity index is 2.11. The second-order valence-corrected chi connectivity index (χ2v) is 6.01. The average Bonchev–Trinajstić information content (AvgIpc) is 2.49. The molecule has 0 saturated carbocycles.